The maximum absolute atomic E-state index is 13.2. The van der Waals surface area contributed by atoms with E-state index in [0.717, 1.165) is 0 Å². The minimum Gasteiger partial charge on any atom is -0.549 e. The number of hydrogen-bond donors (Lipinski definition) is 0. The van der Waals surface area contributed by atoms with Crippen LogP contribution in [-0.2, 0) is 17.3 Å². The van der Waals surface area contributed by atoms with Crippen molar-refractivity contribution < 1.29 is 13.2 Å². The molecule has 2 nitrogen and oxygen atoms in total. The molecule has 1 aliphatic rings. The molecule has 0 bridgehead atoms. The number of benzene rings is 1. The van der Waals surface area contributed by atoms with Crippen LogP contribution in [0.25, 0.3) is 0 Å². The van der Waals surface area contributed by atoms with Gasteiger partial charge in [0.25, 0.3) is 0 Å². The molecule has 0 heterocycles. The molecule has 5 heteroatoms. The van der Waals surface area contributed by atoms with Gasteiger partial charge in [0.05, 0.1) is 6.07 Å². The number of fused-ring (bicyclic) bond motifs is 1. The predicted molar refractivity (Wildman–Crippen MR) is 66.5 cm³/mol. The van der Waals surface area contributed by atoms with Crippen molar-refractivity contribution in [3.05, 3.63) is 34.9 Å². The largest absolute Gasteiger partial charge is 0.549 e. The molecule has 0 radical (unpaired) electrons. The fourth-order valence-corrected chi connectivity index (χ4v) is 3.76. The molecule has 0 N–H and O–H groups in total. The lowest BCUT2D eigenvalue weighted by Crippen LogP contribution is -2.42. The Morgan fingerprint density at radius 3 is 1.94 bits per heavy atom. The van der Waals surface area contributed by atoms with Gasteiger partial charge in [-0.25, -0.2) is 8.78 Å². The highest BCUT2D eigenvalue weighted by molar-refractivity contribution is 6.69. The van der Waals surface area contributed by atoms with Crippen molar-refractivity contribution in [2.24, 2.45) is 0 Å². The summed E-state index contributed by atoms with van der Waals surface area (Å²) >= 11 is 0. The van der Waals surface area contributed by atoms with Gasteiger partial charge in [-0.05, 0) is 31.6 Å². The molecule has 0 aliphatic heterocycles. The summed E-state index contributed by atoms with van der Waals surface area (Å²) in [6.45, 7) is 5.99. The summed E-state index contributed by atoms with van der Waals surface area (Å²) in [6.07, 6.45) is 0.667. The van der Waals surface area contributed by atoms with Crippen LogP contribution in [0.15, 0.2) is 12.1 Å². The van der Waals surface area contributed by atoms with E-state index in [9.17, 15) is 14.0 Å². The van der Waals surface area contributed by atoms with Crippen molar-refractivity contribution >= 4 is 8.32 Å². The molecule has 0 saturated carbocycles. The zero-order chi connectivity index (χ0) is 13.6. The number of nitriles is 1. The van der Waals surface area contributed by atoms with Gasteiger partial charge >= 0.3 is 0 Å². The highest BCUT2D eigenvalue weighted by atomic mass is 28.4. The smallest absolute Gasteiger partial charge is 0.159 e. The predicted octanol–water partition coefficient (Wildman–Crippen LogP) is 3.18. The van der Waals surface area contributed by atoms with Crippen LogP contribution in [0.5, 0.6) is 0 Å². The van der Waals surface area contributed by atoms with Gasteiger partial charge in [-0.1, -0.05) is 0 Å². The Morgan fingerprint density at radius 2 is 1.61 bits per heavy atom. The first-order valence-electron chi connectivity index (χ1n) is 5.83. The summed E-state index contributed by atoms with van der Waals surface area (Å²) in [5.74, 6) is -1.73. The molecule has 0 fully saturated rings. The first kappa shape index (κ1) is 13.2. The molecule has 2 rings (SSSR count). The van der Waals surface area contributed by atoms with Gasteiger partial charge < -0.3 is 4.43 Å². The topological polar surface area (TPSA) is 33.0 Å². The van der Waals surface area contributed by atoms with Crippen molar-refractivity contribution in [3.8, 4) is 6.07 Å². The fourth-order valence-electron chi connectivity index (χ4n) is 2.40. The lowest BCUT2D eigenvalue weighted by molar-refractivity contribution is 0.132. The van der Waals surface area contributed by atoms with Gasteiger partial charge in [-0.3, -0.25) is 0 Å². The highest BCUT2D eigenvalue weighted by Crippen LogP contribution is 2.35. The average molecular weight is 267 g/mol. The first-order valence-corrected chi connectivity index (χ1v) is 9.24. The Morgan fingerprint density at radius 1 is 1.17 bits per heavy atom. The van der Waals surface area contributed by atoms with Gasteiger partial charge in [-0.15, -0.1) is 19.6 Å². The van der Waals surface area contributed by atoms with Crippen molar-refractivity contribution in [1.82, 2.24) is 0 Å². The molecule has 97 valence electrons. The van der Waals surface area contributed by atoms with Gasteiger partial charge in [0, 0.05) is 12.8 Å². The monoisotopic (exact) mass is 267 g/mol. The molecule has 1 aromatic rings. The SMILES string of the molecule is C[Si-](C)(C)OC1(C#N)Cc2cc(F)c(F)cc2C1. The maximum atomic E-state index is 13.2. The van der Waals surface area contributed by atoms with Gasteiger partial charge in [-0.2, -0.15) is 5.26 Å². The summed E-state index contributed by atoms with van der Waals surface area (Å²) in [4.78, 5) is 0. The Labute approximate surface area is 106 Å². The van der Waals surface area contributed by atoms with Crippen LogP contribution in [-0.4, -0.2) is 13.9 Å². The van der Waals surface area contributed by atoms with Crippen molar-refractivity contribution in [3.63, 3.8) is 0 Å². The molecule has 0 spiro atoms. The van der Waals surface area contributed by atoms with Crippen LogP contribution in [0.4, 0.5) is 8.78 Å². The molecular formula is C13H15F2NOSi-. The van der Waals surface area contributed by atoms with Crippen LogP contribution in [0, 0.1) is 23.0 Å². The normalized spacial score (nSPS) is 17.3. The van der Waals surface area contributed by atoms with E-state index in [1.807, 2.05) is 19.6 Å². The number of hydrogen-bond acceptors (Lipinski definition) is 2. The van der Waals surface area contributed by atoms with Gasteiger partial charge in [0.15, 0.2) is 11.6 Å². The van der Waals surface area contributed by atoms with E-state index in [0.29, 0.717) is 24.0 Å². The lowest BCUT2D eigenvalue weighted by atomic mass is 10.0. The van der Waals surface area contributed by atoms with Gasteiger partial charge in [0.1, 0.15) is 5.60 Å². The maximum Gasteiger partial charge on any atom is 0.159 e. The van der Waals surface area contributed by atoms with Gasteiger partial charge in [0.2, 0.25) is 0 Å². The summed E-state index contributed by atoms with van der Waals surface area (Å²) < 4.78 is 32.3. The minimum atomic E-state index is -1.89. The van der Waals surface area contributed by atoms with Crippen molar-refractivity contribution in [2.45, 2.75) is 38.1 Å². The second-order valence-corrected chi connectivity index (χ2v) is 10.1. The van der Waals surface area contributed by atoms with Crippen LogP contribution in [0.3, 0.4) is 0 Å². The zero-order valence-corrected chi connectivity index (χ0v) is 11.7. The molecule has 0 aromatic heterocycles. The molecule has 0 unspecified atom stereocenters. The van der Waals surface area contributed by atoms with E-state index < -0.39 is 25.6 Å². The Balaban J connectivity index is 2.35. The Kier molecular flexibility index (Phi) is 3.04. The molecular weight excluding hydrogens is 252 g/mol. The molecule has 0 atom stereocenters. The second-order valence-electron chi connectivity index (χ2n) is 5.71. The van der Waals surface area contributed by atoms with E-state index in [4.69, 9.17) is 4.43 Å². The van der Waals surface area contributed by atoms with Crippen LogP contribution >= 0.6 is 0 Å². The third-order valence-electron chi connectivity index (χ3n) is 2.90. The van der Waals surface area contributed by atoms with Crippen LogP contribution in [0.2, 0.25) is 19.6 Å². The average Bonchev–Trinajstić information content (AvgIpc) is 2.54. The zero-order valence-electron chi connectivity index (χ0n) is 10.7. The van der Waals surface area contributed by atoms with E-state index in [1.54, 1.807) is 0 Å². The van der Waals surface area contributed by atoms with Crippen molar-refractivity contribution in [1.29, 1.82) is 5.26 Å². The van der Waals surface area contributed by atoms with E-state index in [2.05, 4.69) is 6.07 Å². The molecule has 0 amide bonds. The Hall–Kier alpha value is -1.25. The van der Waals surface area contributed by atoms with E-state index >= 15 is 0 Å². The van der Waals surface area contributed by atoms with E-state index in [1.165, 1.54) is 12.1 Å². The second kappa shape index (κ2) is 4.14. The summed E-state index contributed by atoms with van der Waals surface area (Å²) in [5, 5.41) is 9.35. The summed E-state index contributed by atoms with van der Waals surface area (Å²) in [7, 11) is -1.89. The minimum absolute atomic E-state index is 0.334. The quantitative estimate of drug-likeness (QED) is 0.771. The lowest BCUT2D eigenvalue weighted by Gasteiger charge is -2.40. The summed E-state index contributed by atoms with van der Waals surface area (Å²) in [5.41, 5.74) is 0.398. The molecule has 1 aromatic carbocycles. The summed E-state index contributed by atoms with van der Waals surface area (Å²) in [6, 6.07) is 4.54. The van der Waals surface area contributed by atoms with Crippen LogP contribution in [0.1, 0.15) is 11.1 Å². The fraction of sp³-hybridized carbons (Fsp3) is 0.462. The third-order valence-corrected chi connectivity index (χ3v) is 3.90. The third kappa shape index (κ3) is 2.45. The standard InChI is InChI=1S/C13H15F2NOSi/c1-18(2,3)17-13(8-16)6-9-4-11(14)12(15)5-10(9)7-13/h4-5H,6-7H2,1-3H3/q-1. The number of rotatable bonds is 2. The number of halogens is 2. The number of nitrogens with zero attached hydrogens (tertiary/aromatic N) is 1. The van der Waals surface area contributed by atoms with Crippen molar-refractivity contribution in [2.75, 3.05) is 0 Å². The van der Waals surface area contributed by atoms with Crippen LogP contribution < -0.4 is 0 Å². The first-order chi connectivity index (χ1) is 8.25. The Bertz CT molecular complexity index is 500. The molecule has 1 aliphatic carbocycles. The molecule has 18 heavy (non-hydrogen) atoms. The molecule has 0 saturated heterocycles. The van der Waals surface area contributed by atoms with E-state index in [-0.39, 0.29) is 0 Å². The highest BCUT2D eigenvalue weighted by Gasteiger charge is 2.38.